The Kier molecular flexibility index (Phi) is 5.12. The molecule has 0 unspecified atom stereocenters. The lowest BCUT2D eigenvalue weighted by atomic mass is 10.0. The molecular weight excluding hydrogens is 330 g/mol. The van der Waals surface area contributed by atoms with Crippen LogP contribution in [0, 0.1) is 11.5 Å². The Morgan fingerprint density at radius 1 is 1.12 bits per heavy atom. The topological polar surface area (TPSA) is 65.2 Å². The lowest BCUT2D eigenvalue weighted by molar-refractivity contribution is -0.115. The van der Waals surface area contributed by atoms with E-state index in [1.54, 1.807) is 12.3 Å². The molecule has 122 valence electrons. The molecule has 0 aromatic heterocycles. The van der Waals surface area contributed by atoms with Crippen molar-refractivity contribution in [2.45, 2.75) is 6.92 Å². The van der Waals surface area contributed by atoms with E-state index in [2.05, 4.69) is 35.4 Å². The SMILES string of the molecule is CC(=Cc1ccccc1)c1ccc(C=C2SC(=NC#N)NC2=O)cc1. The lowest BCUT2D eigenvalue weighted by Crippen LogP contribution is -2.19. The van der Waals surface area contributed by atoms with Gasteiger partial charge < -0.3 is 0 Å². The van der Waals surface area contributed by atoms with Gasteiger partial charge in [-0.1, -0.05) is 60.7 Å². The van der Waals surface area contributed by atoms with Gasteiger partial charge in [0.1, 0.15) is 0 Å². The van der Waals surface area contributed by atoms with Gasteiger partial charge in [0.25, 0.3) is 5.91 Å². The predicted octanol–water partition coefficient (Wildman–Crippen LogP) is 4.29. The third-order valence-electron chi connectivity index (χ3n) is 3.65. The second kappa shape index (κ2) is 7.65. The molecule has 1 fully saturated rings. The molecule has 1 amide bonds. The molecule has 25 heavy (non-hydrogen) atoms. The van der Waals surface area contributed by atoms with E-state index in [9.17, 15) is 4.79 Å². The summed E-state index contributed by atoms with van der Waals surface area (Å²) >= 11 is 1.17. The van der Waals surface area contributed by atoms with Crippen molar-refractivity contribution in [1.82, 2.24) is 5.32 Å². The fraction of sp³-hybridized carbons (Fsp3) is 0.0500. The number of nitrogens with zero attached hydrogens (tertiary/aromatic N) is 2. The fourth-order valence-electron chi connectivity index (χ4n) is 2.40. The van der Waals surface area contributed by atoms with E-state index in [0.717, 1.165) is 16.7 Å². The third-order valence-corrected chi connectivity index (χ3v) is 4.56. The van der Waals surface area contributed by atoms with Crippen molar-refractivity contribution in [1.29, 1.82) is 5.26 Å². The number of nitriles is 1. The molecule has 5 heteroatoms. The highest BCUT2D eigenvalue weighted by atomic mass is 32.2. The minimum absolute atomic E-state index is 0.233. The van der Waals surface area contributed by atoms with Crippen molar-refractivity contribution in [2.75, 3.05) is 0 Å². The molecule has 0 aliphatic carbocycles. The standard InChI is InChI=1S/C20H15N3OS/c1-14(11-15-5-3-2-4-6-15)17-9-7-16(8-10-17)12-18-19(24)23-20(25-18)22-13-21/h2-12H,1H3,(H,22,23,24). The van der Waals surface area contributed by atoms with Gasteiger partial charge in [-0.25, -0.2) is 0 Å². The largest absolute Gasteiger partial charge is 0.300 e. The Morgan fingerprint density at radius 3 is 2.52 bits per heavy atom. The molecule has 1 aliphatic rings. The Bertz CT molecular complexity index is 920. The van der Waals surface area contributed by atoms with Crippen LogP contribution in [-0.2, 0) is 4.79 Å². The highest BCUT2D eigenvalue weighted by molar-refractivity contribution is 8.18. The van der Waals surface area contributed by atoms with Crippen LogP contribution in [0.25, 0.3) is 17.7 Å². The molecule has 0 radical (unpaired) electrons. The van der Waals surface area contributed by atoms with Crippen LogP contribution in [0.2, 0.25) is 0 Å². The number of allylic oxidation sites excluding steroid dienone is 1. The first-order valence-corrected chi connectivity index (χ1v) is 8.49. The molecule has 1 saturated heterocycles. The van der Waals surface area contributed by atoms with Gasteiger partial charge in [0.2, 0.25) is 6.19 Å². The zero-order valence-electron chi connectivity index (χ0n) is 13.6. The van der Waals surface area contributed by atoms with E-state index < -0.39 is 0 Å². The van der Waals surface area contributed by atoms with Crippen LogP contribution >= 0.6 is 11.8 Å². The summed E-state index contributed by atoms with van der Waals surface area (Å²) in [5.41, 5.74) is 4.38. The summed E-state index contributed by atoms with van der Waals surface area (Å²) < 4.78 is 0. The number of nitrogens with one attached hydrogen (secondary N) is 1. The minimum atomic E-state index is -0.233. The number of amidine groups is 1. The summed E-state index contributed by atoms with van der Waals surface area (Å²) in [7, 11) is 0. The summed E-state index contributed by atoms with van der Waals surface area (Å²) in [6, 6.07) is 18.2. The van der Waals surface area contributed by atoms with Crippen molar-refractivity contribution in [2.24, 2.45) is 4.99 Å². The molecule has 1 N–H and O–H groups in total. The number of hydrogen-bond donors (Lipinski definition) is 1. The molecule has 4 nitrogen and oxygen atoms in total. The molecule has 0 saturated carbocycles. The average Bonchev–Trinajstić information content (AvgIpc) is 2.96. The fourth-order valence-corrected chi connectivity index (χ4v) is 3.18. The predicted molar refractivity (Wildman–Crippen MR) is 103 cm³/mol. The summed E-state index contributed by atoms with van der Waals surface area (Å²) in [6.07, 6.45) is 5.60. The Labute approximate surface area is 150 Å². The van der Waals surface area contributed by atoms with Gasteiger partial charge in [-0.15, -0.1) is 4.99 Å². The van der Waals surface area contributed by atoms with E-state index in [-0.39, 0.29) is 5.91 Å². The van der Waals surface area contributed by atoms with Crippen molar-refractivity contribution >= 4 is 40.6 Å². The smallest absolute Gasteiger partial charge is 0.264 e. The van der Waals surface area contributed by atoms with Crippen LogP contribution in [0.1, 0.15) is 23.6 Å². The van der Waals surface area contributed by atoms with Crippen LogP contribution in [0.5, 0.6) is 0 Å². The van der Waals surface area contributed by atoms with Crippen LogP contribution < -0.4 is 5.32 Å². The van der Waals surface area contributed by atoms with Gasteiger partial charge in [0, 0.05) is 0 Å². The zero-order chi connectivity index (χ0) is 17.6. The number of aliphatic imine (C=N–C) groups is 1. The van der Waals surface area contributed by atoms with Gasteiger partial charge in [-0.2, -0.15) is 5.26 Å². The van der Waals surface area contributed by atoms with E-state index >= 15 is 0 Å². The Balaban J connectivity index is 1.78. The summed E-state index contributed by atoms with van der Waals surface area (Å²) in [4.78, 5) is 15.9. The molecule has 2 aromatic rings. The first-order valence-electron chi connectivity index (χ1n) is 7.67. The number of carbonyl (C=O) groups is 1. The first-order chi connectivity index (χ1) is 12.2. The van der Waals surface area contributed by atoms with Crippen LogP contribution in [0.4, 0.5) is 0 Å². The van der Waals surface area contributed by atoms with Crippen molar-refractivity contribution in [3.63, 3.8) is 0 Å². The minimum Gasteiger partial charge on any atom is -0.300 e. The maximum Gasteiger partial charge on any atom is 0.264 e. The van der Waals surface area contributed by atoms with Gasteiger partial charge in [0.15, 0.2) is 5.17 Å². The van der Waals surface area contributed by atoms with Crippen molar-refractivity contribution < 1.29 is 4.79 Å². The number of rotatable bonds is 3. The normalized spacial score (nSPS) is 17.6. The van der Waals surface area contributed by atoms with E-state index in [1.807, 2.05) is 42.5 Å². The first kappa shape index (κ1) is 16.7. The molecule has 0 spiro atoms. The van der Waals surface area contributed by atoms with Crippen molar-refractivity contribution in [3.8, 4) is 6.19 Å². The van der Waals surface area contributed by atoms with Crippen LogP contribution in [-0.4, -0.2) is 11.1 Å². The van der Waals surface area contributed by atoms with Crippen LogP contribution in [0.3, 0.4) is 0 Å². The summed E-state index contributed by atoms with van der Waals surface area (Å²) in [6.45, 7) is 2.07. The van der Waals surface area contributed by atoms with Crippen molar-refractivity contribution in [3.05, 3.63) is 76.2 Å². The molecule has 1 heterocycles. The summed E-state index contributed by atoms with van der Waals surface area (Å²) in [5.74, 6) is -0.233. The van der Waals surface area contributed by atoms with Crippen LogP contribution in [0.15, 0.2) is 64.5 Å². The second-order valence-corrected chi connectivity index (χ2v) is 6.47. The third kappa shape index (κ3) is 4.25. The molecule has 3 rings (SSSR count). The molecule has 0 atom stereocenters. The maximum atomic E-state index is 11.8. The number of thioether (sulfide) groups is 1. The second-order valence-electron chi connectivity index (χ2n) is 5.44. The average molecular weight is 345 g/mol. The van der Waals surface area contributed by atoms with Gasteiger partial charge in [0.05, 0.1) is 4.91 Å². The van der Waals surface area contributed by atoms with E-state index in [4.69, 9.17) is 5.26 Å². The van der Waals surface area contributed by atoms with E-state index in [0.29, 0.717) is 10.1 Å². The molecular formula is C20H15N3OS. The zero-order valence-corrected chi connectivity index (χ0v) is 14.4. The highest BCUT2D eigenvalue weighted by Gasteiger charge is 2.23. The molecule has 0 bridgehead atoms. The summed E-state index contributed by atoms with van der Waals surface area (Å²) in [5, 5.41) is 11.4. The molecule has 2 aromatic carbocycles. The molecule has 1 aliphatic heterocycles. The van der Waals surface area contributed by atoms with Gasteiger partial charge in [-0.3, -0.25) is 10.1 Å². The monoisotopic (exact) mass is 345 g/mol. The number of carbonyl (C=O) groups excluding carboxylic acids is 1. The highest BCUT2D eigenvalue weighted by Crippen LogP contribution is 2.26. The quantitative estimate of drug-likeness (QED) is 0.513. The van der Waals surface area contributed by atoms with Gasteiger partial charge >= 0.3 is 0 Å². The Hall–Kier alpha value is -3.10. The van der Waals surface area contributed by atoms with E-state index in [1.165, 1.54) is 17.3 Å². The maximum absolute atomic E-state index is 11.8. The number of hydrogen-bond acceptors (Lipinski definition) is 4. The number of amides is 1. The van der Waals surface area contributed by atoms with Gasteiger partial charge in [-0.05, 0) is 47.0 Å². The Morgan fingerprint density at radius 2 is 1.84 bits per heavy atom. The number of benzene rings is 2. The lowest BCUT2D eigenvalue weighted by Gasteiger charge is -2.03.